The summed E-state index contributed by atoms with van der Waals surface area (Å²) in [6, 6.07) is 24.1. The number of nitrogens with zero attached hydrogens (tertiary/aromatic N) is 3. The van der Waals surface area contributed by atoms with Crippen molar-refractivity contribution in [3.63, 3.8) is 0 Å². The van der Waals surface area contributed by atoms with E-state index in [-0.39, 0.29) is 18.0 Å². The Labute approximate surface area is 224 Å². The Balaban J connectivity index is 1.62. The van der Waals surface area contributed by atoms with Gasteiger partial charge in [-0.2, -0.15) is 0 Å². The fourth-order valence-corrected chi connectivity index (χ4v) is 5.34. The highest BCUT2D eigenvalue weighted by molar-refractivity contribution is 9.10. The van der Waals surface area contributed by atoms with Crippen LogP contribution in [0.15, 0.2) is 89.7 Å². The van der Waals surface area contributed by atoms with Gasteiger partial charge in [-0.25, -0.2) is 0 Å². The van der Waals surface area contributed by atoms with Gasteiger partial charge < -0.3 is 20.1 Å². The molecule has 1 fully saturated rings. The van der Waals surface area contributed by atoms with Crippen molar-refractivity contribution in [1.29, 1.82) is 0 Å². The first-order valence-electron chi connectivity index (χ1n) is 11.8. The van der Waals surface area contributed by atoms with Gasteiger partial charge in [0, 0.05) is 46.0 Å². The molecule has 8 heteroatoms. The van der Waals surface area contributed by atoms with Crippen molar-refractivity contribution < 1.29 is 4.79 Å². The van der Waals surface area contributed by atoms with Crippen molar-refractivity contribution >= 4 is 50.5 Å². The van der Waals surface area contributed by atoms with Crippen LogP contribution in [0, 0.1) is 6.92 Å². The molecule has 0 saturated carbocycles. The standard InChI is InChI=1S/C28H26BrN5OS/c1-3-25(35)31-22-13-12-21(16-18(22)2)34-27(26(32-28(34)36)23-10-4-5-14-30-23)24-11-7-15-33(24)20-9-6-8-19(29)17-20/h4-17,26-27H,3H2,1-2H3,(H,31,35)(H,32,36). The third-order valence-electron chi connectivity index (χ3n) is 6.35. The first-order chi connectivity index (χ1) is 17.5. The molecule has 0 spiro atoms. The number of carbonyl (C=O) groups is 1. The Morgan fingerprint density at radius 3 is 2.67 bits per heavy atom. The van der Waals surface area contributed by atoms with E-state index in [0.717, 1.165) is 38.5 Å². The van der Waals surface area contributed by atoms with Crippen LogP contribution in [-0.4, -0.2) is 20.6 Å². The summed E-state index contributed by atoms with van der Waals surface area (Å²) in [5.74, 6) is -0.0100. The summed E-state index contributed by atoms with van der Waals surface area (Å²) in [6.07, 6.45) is 4.31. The second-order valence-corrected chi connectivity index (χ2v) is 9.98. The van der Waals surface area contributed by atoms with Crippen molar-refractivity contribution in [2.75, 3.05) is 10.2 Å². The van der Waals surface area contributed by atoms with E-state index in [1.165, 1.54) is 0 Å². The van der Waals surface area contributed by atoms with Crippen LogP contribution < -0.4 is 15.5 Å². The van der Waals surface area contributed by atoms with Crippen LogP contribution in [0.5, 0.6) is 0 Å². The highest BCUT2D eigenvalue weighted by atomic mass is 79.9. The quantitative estimate of drug-likeness (QED) is 0.265. The number of aryl methyl sites for hydroxylation is 1. The summed E-state index contributed by atoms with van der Waals surface area (Å²) in [5, 5.41) is 7.13. The number of thiocarbonyl (C=S) groups is 1. The largest absolute Gasteiger partial charge is 0.351 e. The number of halogens is 1. The van der Waals surface area contributed by atoms with Crippen molar-refractivity contribution in [2.24, 2.45) is 0 Å². The molecule has 0 bridgehead atoms. The number of anilines is 2. The zero-order valence-electron chi connectivity index (χ0n) is 20.0. The van der Waals surface area contributed by atoms with Crippen LogP contribution in [0.2, 0.25) is 0 Å². The monoisotopic (exact) mass is 559 g/mol. The zero-order valence-corrected chi connectivity index (χ0v) is 22.4. The molecule has 0 radical (unpaired) electrons. The fourth-order valence-electron chi connectivity index (χ4n) is 4.61. The molecule has 0 aliphatic carbocycles. The normalized spacial score (nSPS) is 17.2. The van der Waals surface area contributed by atoms with Crippen LogP contribution in [-0.2, 0) is 4.79 Å². The molecule has 36 heavy (non-hydrogen) atoms. The average molecular weight is 561 g/mol. The van der Waals surface area contributed by atoms with Gasteiger partial charge in [0.25, 0.3) is 0 Å². The summed E-state index contributed by atoms with van der Waals surface area (Å²) in [7, 11) is 0. The van der Waals surface area contributed by atoms with Gasteiger partial charge in [0.05, 0.1) is 11.7 Å². The van der Waals surface area contributed by atoms with Gasteiger partial charge >= 0.3 is 0 Å². The second-order valence-electron chi connectivity index (χ2n) is 8.68. The number of pyridine rings is 1. The number of nitrogens with one attached hydrogen (secondary N) is 2. The van der Waals surface area contributed by atoms with Gasteiger partial charge in [0.15, 0.2) is 5.11 Å². The Morgan fingerprint density at radius 1 is 1.08 bits per heavy atom. The van der Waals surface area contributed by atoms with E-state index in [4.69, 9.17) is 12.2 Å². The molecule has 1 saturated heterocycles. The van der Waals surface area contributed by atoms with Gasteiger partial charge in [0.2, 0.25) is 5.91 Å². The number of hydrogen-bond donors (Lipinski definition) is 2. The lowest BCUT2D eigenvalue weighted by atomic mass is 10.00. The highest BCUT2D eigenvalue weighted by Crippen LogP contribution is 2.43. The Morgan fingerprint density at radius 2 is 1.94 bits per heavy atom. The molecular weight excluding hydrogens is 534 g/mol. The third-order valence-corrected chi connectivity index (χ3v) is 7.16. The van der Waals surface area contributed by atoms with Crippen LogP contribution >= 0.6 is 28.1 Å². The maximum absolute atomic E-state index is 12.0. The maximum Gasteiger partial charge on any atom is 0.224 e. The molecule has 182 valence electrons. The summed E-state index contributed by atoms with van der Waals surface area (Å²) >= 11 is 9.50. The van der Waals surface area contributed by atoms with Crippen molar-refractivity contribution in [2.45, 2.75) is 32.4 Å². The predicted molar refractivity (Wildman–Crippen MR) is 152 cm³/mol. The molecule has 1 amide bonds. The molecular formula is C28H26BrN5OS. The molecule has 2 atom stereocenters. The molecule has 6 nitrogen and oxygen atoms in total. The first kappa shape index (κ1) is 24.2. The van der Waals surface area contributed by atoms with Crippen molar-refractivity contribution in [1.82, 2.24) is 14.9 Å². The number of carbonyl (C=O) groups excluding carboxylic acids is 1. The van der Waals surface area contributed by atoms with Crippen LogP contribution in [0.4, 0.5) is 11.4 Å². The van der Waals surface area contributed by atoms with Gasteiger partial charge in [-0.1, -0.05) is 35.0 Å². The zero-order chi connectivity index (χ0) is 25.2. The third kappa shape index (κ3) is 4.66. The highest BCUT2D eigenvalue weighted by Gasteiger charge is 2.42. The van der Waals surface area contributed by atoms with Gasteiger partial charge in [0.1, 0.15) is 6.04 Å². The summed E-state index contributed by atoms with van der Waals surface area (Å²) in [6.45, 7) is 3.84. The smallest absolute Gasteiger partial charge is 0.224 e. The summed E-state index contributed by atoms with van der Waals surface area (Å²) < 4.78 is 3.20. The molecule has 5 rings (SSSR count). The first-order valence-corrected chi connectivity index (χ1v) is 13.0. The summed E-state index contributed by atoms with van der Waals surface area (Å²) in [4.78, 5) is 18.8. The summed E-state index contributed by atoms with van der Waals surface area (Å²) in [5.41, 5.74) is 5.77. The lowest BCUT2D eigenvalue weighted by molar-refractivity contribution is -0.115. The lowest BCUT2D eigenvalue weighted by Crippen LogP contribution is -2.30. The van der Waals surface area contributed by atoms with Gasteiger partial charge in [-0.05, 0) is 85.4 Å². The Hall–Kier alpha value is -3.49. The van der Waals surface area contributed by atoms with Crippen LogP contribution in [0.1, 0.15) is 42.4 Å². The number of hydrogen-bond acceptors (Lipinski definition) is 3. The van der Waals surface area contributed by atoms with Crippen molar-refractivity contribution in [3.05, 3.63) is 107 Å². The van der Waals surface area contributed by atoms with Gasteiger partial charge in [-0.3, -0.25) is 9.78 Å². The SMILES string of the molecule is CCC(=O)Nc1ccc(N2C(=S)NC(c3ccccn3)C2c2cccn2-c2cccc(Br)c2)cc1C. The molecule has 3 heterocycles. The van der Waals surface area contributed by atoms with E-state index < -0.39 is 0 Å². The van der Waals surface area contributed by atoms with E-state index in [2.05, 4.69) is 77.5 Å². The number of rotatable bonds is 6. The predicted octanol–water partition coefficient (Wildman–Crippen LogP) is 6.47. The van der Waals surface area contributed by atoms with E-state index in [1.54, 1.807) is 0 Å². The van der Waals surface area contributed by atoms with Gasteiger partial charge in [-0.15, -0.1) is 0 Å². The molecule has 2 aromatic heterocycles. The molecule has 2 unspecified atom stereocenters. The minimum Gasteiger partial charge on any atom is -0.351 e. The molecule has 1 aliphatic heterocycles. The minimum absolute atomic E-state index is 0.0100. The topological polar surface area (TPSA) is 62.2 Å². The van der Waals surface area contributed by atoms with E-state index in [0.29, 0.717) is 11.5 Å². The van der Waals surface area contributed by atoms with E-state index >= 15 is 0 Å². The van der Waals surface area contributed by atoms with E-state index in [9.17, 15) is 4.79 Å². The van der Waals surface area contributed by atoms with Crippen molar-refractivity contribution in [3.8, 4) is 5.69 Å². The number of amides is 1. The number of aromatic nitrogens is 2. The van der Waals surface area contributed by atoms with E-state index in [1.807, 2.05) is 62.5 Å². The average Bonchev–Trinajstić information content (AvgIpc) is 3.50. The fraction of sp³-hybridized carbons (Fsp3) is 0.179. The number of benzene rings is 2. The second kappa shape index (κ2) is 10.2. The molecule has 1 aliphatic rings. The lowest BCUT2D eigenvalue weighted by Gasteiger charge is -2.29. The Kier molecular flexibility index (Phi) is 6.89. The molecule has 2 aromatic carbocycles. The van der Waals surface area contributed by atoms with Crippen LogP contribution in [0.3, 0.4) is 0 Å². The molecule has 4 aromatic rings. The molecule has 2 N–H and O–H groups in total. The Bertz CT molecular complexity index is 1420. The minimum atomic E-state index is -0.156. The van der Waals surface area contributed by atoms with Crippen LogP contribution in [0.25, 0.3) is 5.69 Å². The maximum atomic E-state index is 12.0.